The second kappa shape index (κ2) is 5.48. The van der Waals surface area contributed by atoms with Crippen LogP contribution in [0, 0.1) is 5.82 Å². The largest absolute Gasteiger partial charge is 0.465 e. The highest BCUT2D eigenvalue weighted by atomic mass is 19.1. The number of methoxy groups -OCH3 is 1. The minimum Gasteiger partial charge on any atom is -0.465 e. The van der Waals surface area contributed by atoms with Crippen LogP contribution in [0.5, 0.6) is 11.5 Å². The zero-order valence-electron chi connectivity index (χ0n) is 12.0. The van der Waals surface area contributed by atoms with Gasteiger partial charge in [0.05, 0.1) is 18.8 Å². The van der Waals surface area contributed by atoms with Gasteiger partial charge in [-0.3, -0.25) is 4.68 Å². The molecule has 0 unspecified atom stereocenters. The van der Waals surface area contributed by atoms with Gasteiger partial charge < -0.3 is 9.47 Å². The number of hydrogen-bond acceptors (Lipinski definition) is 4. The van der Waals surface area contributed by atoms with E-state index in [2.05, 4.69) is 5.10 Å². The SMILES string of the molecule is COC(=O)c1cc2c(cnn2C)cc1Oc1ccc(F)cc1. The van der Waals surface area contributed by atoms with E-state index in [0.717, 1.165) is 10.9 Å². The topological polar surface area (TPSA) is 53.3 Å². The zero-order chi connectivity index (χ0) is 15.7. The molecule has 0 spiro atoms. The van der Waals surface area contributed by atoms with E-state index in [1.165, 1.54) is 31.4 Å². The molecule has 0 atom stereocenters. The summed E-state index contributed by atoms with van der Waals surface area (Å²) >= 11 is 0. The summed E-state index contributed by atoms with van der Waals surface area (Å²) < 4.78 is 25.1. The molecule has 1 heterocycles. The van der Waals surface area contributed by atoms with Crippen molar-refractivity contribution in [2.75, 3.05) is 7.11 Å². The maximum absolute atomic E-state index is 13.0. The fourth-order valence-corrected chi connectivity index (χ4v) is 2.16. The van der Waals surface area contributed by atoms with Gasteiger partial charge in [0, 0.05) is 12.4 Å². The highest BCUT2D eigenvalue weighted by molar-refractivity contribution is 5.97. The Morgan fingerprint density at radius 2 is 1.95 bits per heavy atom. The van der Waals surface area contributed by atoms with E-state index in [4.69, 9.17) is 9.47 Å². The van der Waals surface area contributed by atoms with E-state index in [1.807, 2.05) is 0 Å². The van der Waals surface area contributed by atoms with Gasteiger partial charge in [0.25, 0.3) is 0 Å². The van der Waals surface area contributed by atoms with Crippen molar-refractivity contribution in [3.8, 4) is 11.5 Å². The van der Waals surface area contributed by atoms with Gasteiger partial charge in [0.15, 0.2) is 0 Å². The molecule has 3 rings (SSSR count). The van der Waals surface area contributed by atoms with Crippen molar-refractivity contribution in [1.29, 1.82) is 0 Å². The van der Waals surface area contributed by atoms with E-state index >= 15 is 0 Å². The number of hydrogen-bond donors (Lipinski definition) is 0. The Labute approximate surface area is 125 Å². The normalized spacial score (nSPS) is 10.7. The molecule has 0 fully saturated rings. The van der Waals surface area contributed by atoms with Crippen LogP contribution in [0.1, 0.15) is 10.4 Å². The van der Waals surface area contributed by atoms with Crippen LogP contribution in [-0.2, 0) is 11.8 Å². The quantitative estimate of drug-likeness (QED) is 0.696. The number of nitrogens with zero attached hydrogens (tertiary/aromatic N) is 2. The summed E-state index contributed by atoms with van der Waals surface area (Å²) in [6, 6.07) is 8.92. The lowest BCUT2D eigenvalue weighted by atomic mass is 10.1. The zero-order valence-corrected chi connectivity index (χ0v) is 12.0. The lowest BCUT2D eigenvalue weighted by Crippen LogP contribution is -2.04. The second-order valence-electron chi connectivity index (χ2n) is 4.72. The molecule has 112 valence electrons. The number of esters is 1. The average Bonchev–Trinajstić information content (AvgIpc) is 2.88. The molecule has 3 aromatic rings. The van der Waals surface area contributed by atoms with Crippen LogP contribution in [0.3, 0.4) is 0 Å². The summed E-state index contributed by atoms with van der Waals surface area (Å²) in [5, 5.41) is 4.97. The first kappa shape index (κ1) is 14.1. The number of aryl methyl sites for hydroxylation is 1. The smallest absolute Gasteiger partial charge is 0.341 e. The summed E-state index contributed by atoms with van der Waals surface area (Å²) in [5.41, 5.74) is 1.06. The third-order valence-electron chi connectivity index (χ3n) is 3.29. The Morgan fingerprint density at radius 1 is 1.23 bits per heavy atom. The van der Waals surface area contributed by atoms with Crippen LogP contribution in [0.4, 0.5) is 4.39 Å². The highest BCUT2D eigenvalue weighted by Gasteiger charge is 2.17. The van der Waals surface area contributed by atoms with Crippen molar-refractivity contribution in [3.63, 3.8) is 0 Å². The first-order valence-electron chi connectivity index (χ1n) is 6.56. The number of halogens is 1. The Morgan fingerprint density at radius 3 is 2.64 bits per heavy atom. The molecule has 0 bridgehead atoms. The molecule has 0 aliphatic heterocycles. The molecule has 0 aliphatic rings. The van der Waals surface area contributed by atoms with Crippen molar-refractivity contribution in [2.24, 2.45) is 7.05 Å². The molecule has 0 N–H and O–H groups in total. The third kappa shape index (κ3) is 2.50. The third-order valence-corrected chi connectivity index (χ3v) is 3.29. The van der Waals surface area contributed by atoms with Gasteiger partial charge in [-0.1, -0.05) is 0 Å². The maximum Gasteiger partial charge on any atom is 0.341 e. The lowest BCUT2D eigenvalue weighted by Gasteiger charge is -2.10. The van der Waals surface area contributed by atoms with Gasteiger partial charge in [-0.15, -0.1) is 0 Å². The molecule has 22 heavy (non-hydrogen) atoms. The number of carbonyl (C=O) groups is 1. The van der Waals surface area contributed by atoms with Gasteiger partial charge in [0.2, 0.25) is 0 Å². The molecule has 6 heteroatoms. The Hall–Kier alpha value is -2.89. The van der Waals surface area contributed by atoms with Crippen molar-refractivity contribution < 1.29 is 18.7 Å². The molecule has 2 aromatic carbocycles. The van der Waals surface area contributed by atoms with Crippen molar-refractivity contribution in [2.45, 2.75) is 0 Å². The number of ether oxygens (including phenoxy) is 2. The Balaban J connectivity index is 2.09. The van der Waals surface area contributed by atoms with E-state index in [9.17, 15) is 9.18 Å². The first-order chi connectivity index (χ1) is 10.6. The summed E-state index contributed by atoms with van der Waals surface area (Å²) in [6.07, 6.45) is 1.67. The summed E-state index contributed by atoms with van der Waals surface area (Å²) in [7, 11) is 3.08. The molecular weight excluding hydrogens is 287 g/mol. The van der Waals surface area contributed by atoms with Gasteiger partial charge in [-0.05, 0) is 36.4 Å². The second-order valence-corrected chi connectivity index (χ2v) is 4.72. The van der Waals surface area contributed by atoms with E-state index in [-0.39, 0.29) is 11.4 Å². The molecule has 5 nitrogen and oxygen atoms in total. The average molecular weight is 300 g/mol. The first-order valence-corrected chi connectivity index (χ1v) is 6.56. The molecule has 0 saturated carbocycles. The maximum atomic E-state index is 13.0. The van der Waals surface area contributed by atoms with Crippen LogP contribution < -0.4 is 4.74 Å². The van der Waals surface area contributed by atoms with Gasteiger partial charge in [0.1, 0.15) is 22.9 Å². The van der Waals surface area contributed by atoms with Gasteiger partial charge in [-0.2, -0.15) is 5.10 Å². The molecule has 0 radical (unpaired) electrons. The minimum absolute atomic E-state index is 0.280. The van der Waals surface area contributed by atoms with Crippen LogP contribution in [0.2, 0.25) is 0 Å². The van der Waals surface area contributed by atoms with Crippen molar-refractivity contribution in [3.05, 3.63) is 54.0 Å². The lowest BCUT2D eigenvalue weighted by molar-refractivity contribution is 0.0598. The molecule has 0 aliphatic carbocycles. The standard InChI is InChI=1S/C16H13FN2O3/c1-19-14-8-13(16(20)21-2)15(7-10(14)9-18-19)22-12-5-3-11(17)4-6-12/h3-9H,1-2H3. The summed E-state index contributed by atoms with van der Waals surface area (Å²) in [6.45, 7) is 0. The van der Waals surface area contributed by atoms with Crippen LogP contribution in [0.15, 0.2) is 42.6 Å². The number of aromatic nitrogens is 2. The number of rotatable bonds is 3. The van der Waals surface area contributed by atoms with Crippen LogP contribution in [0.25, 0.3) is 10.9 Å². The van der Waals surface area contributed by atoms with Crippen molar-refractivity contribution >= 4 is 16.9 Å². The molecule has 0 amide bonds. The number of benzene rings is 2. The fourth-order valence-electron chi connectivity index (χ4n) is 2.16. The fraction of sp³-hybridized carbons (Fsp3) is 0.125. The summed E-state index contributed by atoms with van der Waals surface area (Å²) in [5.74, 6) is -0.114. The van der Waals surface area contributed by atoms with E-state index in [1.54, 1.807) is 30.1 Å². The van der Waals surface area contributed by atoms with Crippen LogP contribution >= 0.6 is 0 Å². The van der Waals surface area contributed by atoms with Crippen LogP contribution in [-0.4, -0.2) is 22.9 Å². The van der Waals surface area contributed by atoms with Crippen molar-refractivity contribution in [1.82, 2.24) is 9.78 Å². The predicted octanol–water partition coefficient (Wildman–Crippen LogP) is 3.29. The summed E-state index contributed by atoms with van der Waals surface area (Å²) in [4.78, 5) is 12.0. The molecular formula is C16H13FN2O3. The predicted molar refractivity (Wildman–Crippen MR) is 78.5 cm³/mol. The molecule has 1 aromatic heterocycles. The molecule has 0 saturated heterocycles. The Kier molecular flexibility index (Phi) is 3.50. The van der Waals surface area contributed by atoms with E-state index in [0.29, 0.717) is 11.5 Å². The minimum atomic E-state index is -0.514. The number of fused-ring (bicyclic) bond motifs is 1. The highest BCUT2D eigenvalue weighted by Crippen LogP contribution is 2.30. The number of carbonyl (C=O) groups excluding carboxylic acids is 1. The van der Waals surface area contributed by atoms with E-state index < -0.39 is 5.97 Å². The van der Waals surface area contributed by atoms with Gasteiger partial charge in [-0.25, -0.2) is 9.18 Å². The monoisotopic (exact) mass is 300 g/mol. The Bertz CT molecular complexity index is 840. The van der Waals surface area contributed by atoms with Gasteiger partial charge >= 0.3 is 5.97 Å².